The number of benzene rings is 2. The maximum Gasteiger partial charge on any atom is 0.122 e. The minimum absolute atomic E-state index is 0.469. The second-order valence-electron chi connectivity index (χ2n) is 6.23. The monoisotopic (exact) mass is 342 g/mol. The van der Waals surface area contributed by atoms with E-state index in [0.29, 0.717) is 0 Å². The SMILES string of the molecule is COc1ccc([Si](C)C)cc1Cc1cc([Si](C)C)ccc1OC. The molecule has 2 rings (SSSR count). The van der Waals surface area contributed by atoms with Crippen molar-refractivity contribution in [3.05, 3.63) is 47.5 Å². The molecule has 2 aromatic rings. The Morgan fingerprint density at radius 3 is 1.39 bits per heavy atom. The Balaban J connectivity index is 2.44. The third kappa shape index (κ3) is 4.27. The van der Waals surface area contributed by atoms with Crippen LogP contribution in [0.5, 0.6) is 11.5 Å². The van der Waals surface area contributed by atoms with E-state index in [-0.39, 0.29) is 0 Å². The van der Waals surface area contributed by atoms with Crippen LogP contribution in [0.15, 0.2) is 36.4 Å². The summed E-state index contributed by atoms with van der Waals surface area (Å²) in [6.07, 6.45) is 0.846. The van der Waals surface area contributed by atoms with Crippen LogP contribution in [-0.2, 0) is 6.42 Å². The fraction of sp³-hybridized carbons (Fsp3) is 0.368. The van der Waals surface area contributed by atoms with E-state index in [4.69, 9.17) is 9.47 Å². The zero-order valence-electron chi connectivity index (χ0n) is 15.0. The molecule has 0 aliphatic carbocycles. The molecule has 2 aromatic carbocycles. The van der Waals surface area contributed by atoms with Gasteiger partial charge in [0.15, 0.2) is 0 Å². The van der Waals surface area contributed by atoms with Crippen molar-refractivity contribution >= 4 is 28.0 Å². The summed E-state index contributed by atoms with van der Waals surface area (Å²) >= 11 is 0. The lowest BCUT2D eigenvalue weighted by molar-refractivity contribution is 0.405. The minimum Gasteiger partial charge on any atom is -0.496 e. The molecule has 0 aliphatic rings. The van der Waals surface area contributed by atoms with Crippen molar-refractivity contribution in [3.8, 4) is 11.5 Å². The van der Waals surface area contributed by atoms with Crippen LogP contribution in [0.2, 0.25) is 26.2 Å². The Hall–Kier alpha value is -1.53. The van der Waals surface area contributed by atoms with Crippen LogP contribution < -0.4 is 19.8 Å². The predicted molar refractivity (Wildman–Crippen MR) is 103 cm³/mol. The molecule has 0 saturated heterocycles. The lowest BCUT2D eigenvalue weighted by Gasteiger charge is -2.16. The lowest BCUT2D eigenvalue weighted by Crippen LogP contribution is -2.24. The Labute approximate surface area is 143 Å². The first kappa shape index (κ1) is 17.8. The summed E-state index contributed by atoms with van der Waals surface area (Å²) in [6.45, 7) is 9.28. The molecule has 0 saturated carbocycles. The third-order valence-corrected chi connectivity index (χ3v) is 7.03. The summed E-state index contributed by atoms with van der Waals surface area (Å²) in [7, 11) is 2.55. The van der Waals surface area contributed by atoms with Crippen molar-refractivity contribution in [3.63, 3.8) is 0 Å². The molecule has 0 amide bonds. The van der Waals surface area contributed by atoms with Gasteiger partial charge in [0.25, 0.3) is 0 Å². The quantitative estimate of drug-likeness (QED) is 0.751. The zero-order valence-corrected chi connectivity index (χ0v) is 17.0. The highest BCUT2D eigenvalue weighted by molar-refractivity contribution is 6.71. The highest BCUT2D eigenvalue weighted by Gasteiger charge is 2.13. The number of hydrogen-bond donors (Lipinski definition) is 0. The molecule has 0 spiro atoms. The van der Waals surface area contributed by atoms with E-state index in [1.54, 1.807) is 14.2 Å². The van der Waals surface area contributed by atoms with Gasteiger partial charge in [-0.25, -0.2) is 0 Å². The number of hydrogen-bond acceptors (Lipinski definition) is 2. The average molecular weight is 343 g/mol. The Bertz CT molecular complexity index is 609. The number of rotatable bonds is 6. The summed E-state index contributed by atoms with van der Waals surface area (Å²) in [5, 5.41) is 2.88. The molecule has 0 fully saturated rings. The van der Waals surface area contributed by atoms with Gasteiger partial charge >= 0.3 is 0 Å². The minimum atomic E-state index is -0.469. The van der Waals surface area contributed by atoms with E-state index in [2.05, 4.69) is 62.6 Å². The molecular formula is C19H26O2Si2. The van der Waals surface area contributed by atoms with Gasteiger partial charge in [-0.3, -0.25) is 0 Å². The van der Waals surface area contributed by atoms with E-state index in [9.17, 15) is 0 Å². The smallest absolute Gasteiger partial charge is 0.122 e. The van der Waals surface area contributed by atoms with Crippen molar-refractivity contribution in [2.24, 2.45) is 0 Å². The average Bonchev–Trinajstić information content (AvgIpc) is 2.54. The Kier molecular flexibility index (Phi) is 6.07. The summed E-state index contributed by atoms with van der Waals surface area (Å²) < 4.78 is 11.2. The van der Waals surface area contributed by atoms with Crippen LogP contribution in [0.3, 0.4) is 0 Å². The first-order valence-electron chi connectivity index (χ1n) is 7.91. The van der Waals surface area contributed by atoms with Crippen molar-refractivity contribution in [1.29, 1.82) is 0 Å². The summed E-state index contributed by atoms with van der Waals surface area (Å²) in [5.74, 6) is 1.92. The maximum absolute atomic E-state index is 5.58. The molecule has 4 heteroatoms. The van der Waals surface area contributed by atoms with E-state index in [0.717, 1.165) is 17.9 Å². The lowest BCUT2D eigenvalue weighted by atomic mass is 10.0. The molecule has 23 heavy (non-hydrogen) atoms. The van der Waals surface area contributed by atoms with Crippen LogP contribution in [0, 0.1) is 0 Å². The predicted octanol–water partition coefficient (Wildman–Crippen LogP) is 3.22. The van der Waals surface area contributed by atoms with Crippen LogP contribution in [-0.4, -0.2) is 31.8 Å². The molecule has 0 bridgehead atoms. The Morgan fingerprint density at radius 1 is 0.696 bits per heavy atom. The van der Waals surface area contributed by atoms with Gasteiger partial charge in [0.2, 0.25) is 0 Å². The van der Waals surface area contributed by atoms with Crippen molar-refractivity contribution in [1.82, 2.24) is 0 Å². The van der Waals surface area contributed by atoms with E-state index >= 15 is 0 Å². The fourth-order valence-corrected chi connectivity index (χ4v) is 4.42. The second kappa shape index (κ2) is 7.84. The van der Waals surface area contributed by atoms with Crippen LogP contribution >= 0.6 is 0 Å². The summed E-state index contributed by atoms with van der Waals surface area (Å²) in [6, 6.07) is 13.2. The van der Waals surface area contributed by atoms with E-state index < -0.39 is 17.6 Å². The molecular weight excluding hydrogens is 316 g/mol. The van der Waals surface area contributed by atoms with Gasteiger partial charge in [0.05, 0.1) is 31.8 Å². The molecule has 0 aromatic heterocycles. The van der Waals surface area contributed by atoms with Crippen LogP contribution in [0.4, 0.5) is 0 Å². The van der Waals surface area contributed by atoms with Crippen molar-refractivity contribution < 1.29 is 9.47 Å². The normalized spacial score (nSPS) is 11.1. The van der Waals surface area contributed by atoms with Crippen LogP contribution in [0.1, 0.15) is 11.1 Å². The molecule has 0 unspecified atom stereocenters. The highest BCUT2D eigenvalue weighted by atomic mass is 28.3. The van der Waals surface area contributed by atoms with Gasteiger partial charge in [0, 0.05) is 6.42 Å². The second-order valence-corrected chi connectivity index (χ2v) is 11.4. The van der Waals surface area contributed by atoms with Crippen LogP contribution in [0.25, 0.3) is 0 Å². The molecule has 0 atom stereocenters. The third-order valence-electron chi connectivity index (χ3n) is 4.10. The van der Waals surface area contributed by atoms with Gasteiger partial charge in [-0.1, -0.05) is 60.8 Å². The molecule has 0 N–H and O–H groups in total. The van der Waals surface area contributed by atoms with Gasteiger partial charge < -0.3 is 9.47 Å². The molecule has 2 radical (unpaired) electrons. The zero-order chi connectivity index (χ0) is 17.0. The van der Waals surface area contributed by atoms with Crippen molar-refractivity contribution in [2.45, 2.75) is 32.6 Å². The van der Waals surface area contributed by atoms with E-state index in [1.165, 1.54) is 21.5 Å². The Morgan fingerprint density at radius 2 is 1.09 bits per heavy atom. The maximum atomic E-state index is 5.58. The topological polar surface area (TPSA) is 18.5 Å². The summed E-state index contributed by atoms with van der Waals surface area (Å²) in [4.78, 5) is 0. The number of methoxy groups -OCH3 is 2. The largest absolute Gasteiger partial charge is 0.496 e. The molecule has 2 nitrogen and oxygen atoms in total. The molecule has 0 heterocycles. The number of ether oxygens (including phenoxy) is 2. The first-order valence-corrected chi connectivity index (χ1v) is 12.9. The highest BCUT2D eigenvalue weighted by Crippen LogP contribution is 2.25. The fourth-order valence-electron chi connectivity index (χ4n) is 2.66. The molecule has 122 valence electrons. The first-order chi connectivity index (χ1) is 11.0. The molecule has 0 aliphatic heterocycles. The summed E-state index contributed by atoms with van der Waals surface area (Å²) in [5.41, 5.74) is 2.49. The van der Waals surface area contributed by atoms with Gasteiger partial charge in [0.1, 0.15) is 11.5 Å². The van der Waals surface area contributed by atoms with Gasteiger partial charge in [-0.2, -0.15) is 0 Å². The van der Waals surface area contributed by atoms with Gasteiger partial charge in [-0.15, -0.1) is 0 Å². The van der Waals surface area contributed by atoms with Crippen molar-refractivity contribution in [2.75, 3.05) is 14.2 Å². The standard InChI is InChI=1S/C19H26O2Si2/c1-20-18-9-7-16(22(3)4)12-14(18)11-15-13-17(23(5)6)8-10-19(15)21-2/h7-10,12-13H,11H2,1-6H3. The van der Waals surface area contributed by atoms with Gasteiger partial charge in [-0.05, 0) is 23.3 Å². The van der Waals surface area contributed by atoms with E-state index in [1.807, 2.05) is 0 Å².